The smallest absolute Gasteiger partial charge is 0.321 e. The molecule has 32 heavy (non-hydrogen) atoms. The number of likely N-dealkylation sites (tertiary alicyclic amines) is 1. The summed E-state index contributed by atoms with van der Waals surface area (Å²) in [7, 11) is 1.82. The van der Waals surface area contributed by atoms with Crippen molar-refractivity contribution in [3.8, 4) is 0 Å². The minimum absolute atomic E-state index is 0. The first-order chi connectivity index (χ1) is 15.2. The van der Waals surface area contributed by atoms with Crippen LogP contribution in [-0.4, -0.2) is 55.0 Å². The molecule has 7 heteroatoms. The van der Waals surface area contributed by atoms with Gasteiger partial charge in [0.15, 0.2) is 5.96 Å². The summed E-state index contributed by atoms with van der Waals surface area (Å²) in [5, 5.41) is 6.49. The highest BCUT2D eigenvalue weighted by molar-refractivity contribution is 14.0. The van der Waals surface area contributed by atoms with E-state index in [1.165, 1.54) is 11.1 Å². The molecule has 2 heterocycles. The second-order valence-electron chi connectivity index (χ2n) is 8.02. The first-order valence-corrected chi connectivity index (χ1v) is 11.1. The highest BCUT2D eigenvalue weighted by Crippen LogP contribution is 2.22. The Morgan fingerprint density at radius 3 is 2.47 bits per heavy atom. The maximum Gasteiger partial charge on any atom is 0.321 e. The molecule has 0 atom stereocenters. The van der Waals surface area contributed by atoms with Crippen molar-refractivity contribution in [2.24, 2.45) is 4.99 Å². The van der Waals surface area contributed by atoms with Gasteiger partial charge >= 0.3 is 6.03 Å². The molecular formula is C25H32IN5O. The monoisotopic (exact) mass is 545 g/mol. The van der Waals surface area contributed by atoms with E-state index in [1.54, 1.807) is 0 Å². The fourth-order valence-electron chi connectivity index (χ4n) is 4.17. The van der Waals surface area contributed by atoms with Crippen molar-refractivity contribution in [1.82, 2.24) is 15.1 Å². The van der Waals surface area contributed by atoms with E-state index in [1.807, 2.05) is 30.1 Å². The normalized spacial score (nSPS) is 16.3. The van der Waals surface area contributed by atoms with Crippen molar-refractivity contribution in [3.05, 3.63) is 71.8 Å². The Kier molecular flexibility index (Phi) is 8.96. The zero-order chi connectivity index (χ0) is 21.5. The number of hydrogen-bond acceptors (Lipinski definition) is 2. The lowest BCUT2D eigenvalue weighted by Gasteiger charge is -2.30. The van der Waals surface area contributed by atoms with Crippen molar-refractivity contribution < 1.29 is 4.79 Å². The van der Waals surface area contributed by atoms with Gasteiger partial charge in [-0.25, -0.2) is 4.79 Å². The number of halogens is 1. The SMILES string of the molecule is CN=C(NCc1cccc(NC(=O)N2CCCC2)c1)N1CC=C(c2ccccc2)CC1.I. The van der Waals surface area contributed by atoms with Crippen LogP contribution in [-0.2, 0) is 6.54 Å². The van der Waals surface area contributed by atoms with Gasteiger partial charge in [0, 0.05) is 45.5 Å². The summed E-state index contributed by atoms with van der Waals surface area (Å²) < 4.78 is 0. The number of aliphatic imine (C=N–C) groups is 1. The number of benzene rings is 2. The molecule has 0 aromatic heterocycles. The van der Waals surface area contributed by atoms with E-state index in [2.05, 4.69) is 63.0 Å². The van der Waals surface area contributed by atoms with Crippen LogP contribution in [0.2, 0.25) is 0 Å². The van der Waals surface area contributed by atoms with Crippen LogP contribution in [0, 0.1) is 0 Å². The van der Waals surface area contributed by atoms with Crippen LogP contribution in [0.3, 0.4) is 0 Å². The number of urea groups is 1. The molecule has 170 valence electrons. The summed E-state index contributed by atoms with van der Waals surface area (Å²) in [6.45, 7) is 4.13. The minimum Gasteiger partial charge on any atom is -0.352 e. The van der Waals surface area contributed by atoms with Crippen molar-refractivity contribution >= 4 is 47.2 Å². The third-order valence-corrected chi connectivity index (χ3v) is 5.89. The number of amides is 2. The summed E-state index contributed by atoms with van der Waals surface area (Å²) in [5.41, 5.74) is 4.64. The van der Waals surface area contributed by atoms with Crippen molar-refractivity contribution in [2.75, 3.05) is 38.5 Å². The van der Waals surface area contributed by atoms with Crippen molar-refractivity contribution in [1.29, 1.82) is 0 Å². The maximum absolute atomic E-state index is 12.3. The predicted octanol–water partition coefficient (Wildman–Crippen LogP) is 4.80. The highest BCUT2D eigenvalue weighted by Gasteiger charge is 2.18. The molecule has 2 amide bonds. The van der Waals surface area contributed by atoms with E-state index < -0.39 is 0 Å². The highest BCUT2D eigenvalue weighted by atomic mass is 127. The lowest BCUT2D eigenvalue weighted by molar-refractivity contribution is 0.222. The predicted molar refractivity (Wildman–Crippen MR) is 142 cm³/mol. The second kappa shape index (κ2) is 11.9. The Morgan fingerprint density at radius 2 is 1.78 bits per heavy atom. The quantitative estimate of drug-likeness (QED) is 0.330. The van der Waals surface area contributed by atoms with Crippen LogP contribution < -0.4 is 10.6 Å². The van der Waals surface area contributed by atoms with Gasteiger partial charge in [-0.15, -0.1) is 24.0 Å². The van der Waals surface area contributed by atoms with E-state index in [9.17, 15) is 4.79 Å². The summed E-state index contributed by atoms with van der Waals surface area (Å²) in [5.74, 6) is 0.898. The summed E-state index contributed by atoms with van der Waals surface area (Å²) in [6.07, 6.45) is 5.48. The maximum atomic E-state index is 12.3. The molecule has 0 saturated carbocycles. The van der Waals surface area contributed by atoms with E-state index in [-0.39, 0.29) is 30.0 Å². The molecule has 4 rings (SSSR count). The Hall–Kier alpha value is -2.55. The minimum atomic E-state index is -0.00672. The molecule has 2 aromatic rings. The van der Waals surface area contributed by atoms with Gasteiger partial charge in [0.05, 0.1) is 0 Å². The van der Waals surface area contributed by atoms with Crippen molar-refractivity contribution in [3.63, 3.8) is 0 Å². The number of guanidine groups is 1. The van der Waals surface area contributed by atoms with Gasteiger partial charge in [-0.3, -0.25) is 4.99 Å². The number of carbonyl (C=O) groups is 1. The zero-order valence-corrected chi connectivity index (χ0v) is 20.9. The van der Waals surface area contributed by atoms with E-state index in [0.717, 1.165) is 62.7 Å². The molecule has 2 aliphatic heterocycles. The summed E-state index contributed by atoms with van der Waals surface area (Å²) in [4.78, 5) is 21.0. The van der Waals surface area contributed by atoms with E-state index in [4.69, 9.17) is 0 Å². The summed E-state index contributed by atoms with van der Waals surface area (Å²) in [6, 6.07) is 18.6. The molecule has 0 aliphatic carbocycles. The second-order valence-corrected chi connectivity index (χ2v) is 8.02. The zero-order valence-electron chi connectivity index (χ0n) is 18.6. The molecule has 2 aliphatic rings. The van der Waals surface area contributed by atoms with Crippen LogP contribution in [0.25, 0.3) is 5.57 Å². The molecule has 2 N–H and O–H groups in total. The van der Waals surface area contributed by atoms with Crippen LogP contribution in [0.4, 0.5) is 10.5 Å². The average Bonchev–Trinajstić information content (AvgIpc) is 3.36. The summed E-state index contributed by atoms with van der Waals surface area (Å²) >= 11 is 0. The molecule has 0 unspecified atom stereocenters. The topological polar surface area (TPSA) is 60.0 Å². The molecular weight excluding hydrogens is 513 g/mol. The standard InChI is InChI=1S/C25H31N5O.HI/c1-26-24(29-16-12-22(13-17-29)21-9-3-2-4-10-21)27-19-20-8-7-11-23(18-20)28-25(31)30-14-5-6-15-30;/h2-4,7-12,18H,5-6,13-17,19H2,1H3,(H,26,27)(H,28,31);1H. The van der Waals surface area contributed by atoms with Gasteiger partial charge in [-0.05, 0) is 48.1 Å². The van der Waals surface area contributed by atoms with Gasteiger partial charge in [0.25, 0.3) is 0 Å². The van der Waals surface area contributed by atoms with Crippen LogP contribution in [0.5, 0.6) is 0 Å². The number of hydrogen-bond donors (Lipinski definition) is 2. The molecule has 0 bridgehead atoms. The molecule has 2 aromatic carbocycles. The lowest BCUT2D eigenvalue weighted by Crippen LogP contribution is -2.43. The van der Waals surface area contributed by atoms with Gasteiger partial charge in [0.2, 0.25) is 0 Å². The Labute approximate surface area is 207 Å². The first-order valence-electron chi connectivity index (χ1n) is 11.1. The van der Waals surface area contributed by atoms with Crippen LogP contribution in [0.1, 0.15) is 30.4 Å². The number of rotatable bonds is 4. The van der Waals surface area contributed by atoms with Crippen LogP contribution in [0.15, 0.2) is 65.7 Å². The average molecular weight is 545 g/mol. The molecule has 1 fully saturated rings. The van der Waals surface area contributed by atoms with Crippen LogP contribution >= 0.6 is 24.0 Å². The molecule has 1 saturated heterocycles. The fraction of sp³-hybridized carbons (Fsp3) is 0.360. The fourth-order valence-corrected chi connectivity index (χ4v) is 4.17. The van der Waals surface area contributed by atoms with Gasteiger partial charge < -0.3 is 20.4 Å². The van der Waals surface area contributed by atoms with E-state index >= 15 is 0 Å². The molecule has 0 radical (unpaired) electrons. The van der Waals surface area contributed by atoms with Gasteiger partial charge in [0.1, 0.15) is 0 Å². The van der Waals surface area contributed by atoms with Crippen molar-refractivity contribution in [2.45, 2.75) is 25.8 Å². The largest absolute Gasteiger partial charge is 0.352 e. The Balaban J connectivity index is 0.00000289. The Bertz CT molecular complexity index is 954. The molecule has 6 nitrogen and oxygen atoms in total. The van der Waals surface area contributed by atoms with E-state index in [0.29, 0.717) is 6.54 Å². The molecule has 0 spiro atoms. The number of anilines is 1. The number of carbonyl (C=O) groups excluding carboxylic acids is 1. The van der Waals surface area contributed by atoms with Gasteiger partial charge in [-0.2, -0.15) is 0 Å². The lowest BCUT2D eigenvalue weighted by atomic mass is 10.00. The first kappa shape index (κ1) is 24.1. The number of nitrogens with one attached hydrogen (secondary N) is 2. The Morgan fingerprint density at radius 1 is 1.00 bits per heavy atom. The van der Waals surface area contributed by atoms with Gasteiger partial charge in [-0.1, -0.05) is 48.5 Å². The third kappa shape index (κ3) is 6.25. The third-order valence-electron chi connectivity index (χ3n) is 5.89. The number of nitrogens with zero attached hydrogens (tertiary/aromatic N) is 3.